The molecule has 0 aromatic heterocycles. The summed E-state index contributed by atoms with van der Waals surface area (Å²) < 4.78 is 4.96. The van der Waals surface area contributed by atoms with Crippen LogP contribution in [-0.4, -0.2) is 30.7 Å². The average Bonchev–Trinajstić information content (AvgIpc) is 2.71. The highest BCUT2D eigenvalue weighted by Crippen LogP contribution is 2.29. The third kappa shape index (κ3) is 4.11. The Labute approximate surface area is 114 Å². The fraction of sp³-hybridized carbons (Fsp3) is 0.857. The Kier molecular flexibility index (Phi) is 5.05. The summed E-state index contributed by atoms with van der Waals surface area (Å²) in [6.07, 6.45) is 7.66. The molecule has 5 nitrogen and oxygen atoms in total. The van der Waals surface area contributed by atoms with E-state index in [-0.39, 0.29) is 30.5 Å². The van der Waals surface area contributed by atoms with Crippen molar-refractivity contribution in [3.05, 3.63) is 0 Å². The monoisotopic (exact) mass is 268 g/mol. The van der Waals surface area contributed by atoms with Gasteiger partial charge in [0.2, 0.25) is 0 Å². The van der Waals surface area contributed by atoms with Crippen LogP contribution in [0.1, 0.15) is 51.9 Å². The summed E-state index contributed by atoms with van der Waals surface area (Å²) >= 11 is 0. The molecule has 1 saturated carbocycles. The van der Waals surface area contributed by atoms with E-state index in [1.165, 1.54) is 32.1 Å². The Bertz CT molecular complexity index is 327. The van der Waals surface area contributed by atoms with Crippen LogP contribution in [0.5, 0.6) is 0 Å². The summed E-state index contributed by atoms with van der Waals surface area (Å²) in [7, 11) is 0. The van der Waals surface area contributed by atoms with Crippen molar-refractivity contribution < 1.29 is 14.3 Å². The molecule has 2 fully saturated rings. The summed E-state index contributed by atoms with van der Waals surface area (Å²) in [6, 6.07) is -0.205. The Morgan fingerprint density at radius 3 is 2.58 bits per heavy atom. The highest BCUT2D eigenvalue weighted by Gasteiger charge is 2.35. The van der Waals surface area contributed by atoms with E-state index in [0.29, 0.717) is 12.5 Å². The molecule has 108 valence electrons. The molecular formula is C14H24N2O3. The fourth-order valence-corrected chi connectivity index (χ4v) is 3.18. The van der Waals surface area contributed by atoms with Crippen LogP contribution in [0, 0.1) is 5.92 Å². The number of ether oxygens (including phenoxy) is 1. The van der Waals surface area contributed by atoms with Gasteiger partial charge >= 0.3 is 12.0 Å². The molecule has 0 aromatic rings. The van der Waals surface area contributed by atoms with Crippen molar-refractivity contribution in [3.63, 3.8) is 0 Å². The fourth-order valence-electron chi connectivity index (χ4n) is 3.18. The Morgan fingerprint density at radius 2 is 1.89 bits per heavy atom. The number of esters is 1. The van der Waals surface area contributed by atoms with Crippen molar-refractivity contribution in [2.24, 2.45) is 5.92 Å². The van der Waals surface area contributed by atoms with E-state index in [1.807, 2.05) is 0 Å². The minimum atomic E-state index is -0.231. The van der Waals surface area contributed by atoms with Crippen LogP contribution in [0.3, 0.4) is 0 Å². The predicted molar refractivity (Wildman–Crippen MR) is 71.7 cm³/mol. The normalized spacial score (nSPS) is 27.7. The van der Waals surface area contributed by atoms with Gasteiger partial charge in [0.05, 0.1) is 25.1 Å². The molecule has 2 amide bonds. The lowest BCUT2D eigenvalue weighted by Gasteiger charge is -2.26. The second-order valence-corrected chi connectivity index (χ2v) is 5.58. The van der Waals surface area contributed by atoms with Crippen LogP contribution in [0.15, 0.2) is 0 Å². The van der Waals surface area contributed by atoms with Crippen LogP contribution in [0.2, 0.25) is 0 Å². The van der Waals surface area contributed by atoms with Crippen LogP contribution in [0.4, 0.5) is 4.79 Å². The standard InChI is InChI=1S/C14H24N2O3/c1-2-19-13(17)9-12-11(15-14(18)16-12)8-10-6-4-3-5-7-10/h10-12H,2-9H2,1H3,(H2,15,16,18)/t11-,12+/m0/s1. The summed E-state index contributed by atoms with van der Waals surface area (Å²) in [5.74, 6) is 0.453. The molecule has 2 aliphatic rings. The first-order valence-corrected chi connectivity index (χ1v) is 7.41. The zero-order valence-corrected chi connectivity index (χ0v) is 11.6. The van der Waals surface area contributed by atoms with Gasteiger partial charge in [-0.1, -0.05) is 32.1 Å². The van der Waals surface area contributed by atoms with Crippen molar-refractivity contribution in [2.75, 3.05) is 6.61 Å². The van der Waals surface area contributed by atoms with Crippen molar-refractivity contribution >= 4 is 12.0 Å². The molecule has 0 spiro atoms. The molecule has 1 saturated heterocycles. The SMILES string of the molecule is CCOC(=O)C[C@H]1NC(=O)N[C@H]1CC1CCCCC1. The molecule has 0 unspecified atom stereocenters. The highest BCUT2D eigenvalue weighted by atomic mass is 16.5. The zero-order valence-electron chi connectivity index (χ0n) is 11.6. The number of hydrogen-bond donors (Lipinski definition) is 2. The van der Waals surface area contributed by atoms with Crippen molar-refractivity contribution in [1.29, 1.82) is 0 Å². The van der Waals surface area contributed by atoms with Crippen LogP contribution >= 0.6 is 0 Å². The minimum absolute atomic E-state index is 0.0695. The van der Waals surface area contributed by atoms with Gasteiger partial charge in [-0.3, -0.25) is 4.79 Å². The van der Waals surface area contributed by atoms with Gasteiger partial charge in [-0.25, -0.2) is 4.79 Å². The highest BCUT2D eigenvalue weighted by molar-refractivity contribution is 5.79. The summed E-state index contributed by atoms with van der Waals surface area (Å²) in [5.41, 5.74) is 0. The predicted octanol–water partition coefficient (Wildman–Crippen LogP) is 1.96. The molecule has 2 rings (SSSR count). The molecule has 1 aliphatic carbocycles. The number of rotatable bonds is 5. The van der Waals surface area contributed by atoms with E-state index < -0.39 is 0 Å². The average molecular weight is 268 g/mol. The molecule has 0 aromatic carbocycles. The van der Waals surface area contributed by atoms with Gasteiger partial charge < -0.3 is 15.4 Å². The summed E-state index contributed by atoms with van der Waals surface area (Å²) in [6.45, 7) is 2.18. The van der Waals surface area contributed by atoms with Gasteiger partial charge in [0.25, 0.3) is 0 Å². The third-order valence-corrected chi connectivity index (χ3v) is 4.12. The number of nitrogens with one attached hydrogen (secondary N) is 2. The molecule has 0 radical (unpaired) electrons. The Morgan fingerprint density at radius 1 is 1.21 bits per heavy atom. The molecule has 0 bridgehead atoms. The van der Waals surface area contributed by atoms with Gasteiger partial charge in [-0.05, 0) is 19.3 Å². The van der Waals surface area contributed by atoms with Crippen molar-refractivity contribution in [3.8, 4) is 0 Å². The van der Waals surface area contributed by atoms with Gasteiger partial charge in [-0.15, -0.1) is 0 Å². The van der Waals surface area contributed by atoms with Crippen molar-refractivity contribution in [2.45, 2.75) is 64.0 Å². The molecule has 2 atom stereocenters. The lowest BCUT2D eigenvalue weighted by Crippen LogP contribution is -2.37. The van der Waals surface area contributed by atoms with E-state index >= 15 is 0 Å². The third-order valence-electron chi connectivity index (χ3n) is 4.12. The van der Waals surface area contributed by atoms with E-state index in [9.17, 15) is 9.59 Å². The first kappa shape index (κ1) is 14.2. The van der Waals surface area contributed by atoms with Gasteiger partial charge in [0.1, 0.15) is 0 Å². The first-order chi connectivity index (χ1) is 9.19. The van der Waals surface area contributed by atoms with Gasteiger partial charge in [0.15, 0.2) is 0 Å². The molecule has 1 heterocycles. The number of carbonyl (C=O) groups excluding carboxylic acids is 2. The lowest BCUT2D eigenvalue weighted by atomic mass is 9.83. The van der Waals surface area contributed by atoms with E-state index in [4.69, 9.17) is 4.74 Å². The lowest BCUT2D eigenvalue weighted by molar-refractivity contribution is -0.143. The first-order valence-electron chi connectivity index (χ1n) is 7.41. The molecule has 1 aliphatic heterocycles. The van der Waals surface area contributed by atoms with Gasteiger partial charge in [0, 0.05) is 0 Å². The molecule has 19 heavy (non-hydrogen) atoms. The van der Waals surface area contributed by atoms with Gasteiger partial charge in [-0.2, -0.15) is 0 Å². The quantitative estimate of drug-likeness (QED) is 0.749. The molecule has 5 heteroatoms. The maximum atomic E-state index is 11.5. The second-order valence-electron chi connectivity index (χ2n) is 5.58. The second kappa shape index (κ2) is 6.78. The summed E-state index contributed by atoms with van der Waals surface area (Å²) in [4.78, 5) is 23.0. The topological polar surface area (TPSA) is 67.4 Å². The van der Waals surface area contributed by atoms with Crippen molar-refractivity contribution in [1.82, 2.24) is 10.6 Å². The number of urea groups is 1. The Balaban J connectivity index is 1.85. The van der Waals surface area contributed by atoms with Crippen LogP contribution < -0.4 is 10.6 Å². The summed E-state index contributed by atoms with van der Waals surface area (Å²) in [5, 5.41) is 5.77. The molecule has 2 N–H and O–H groups in total. The number of amides is 2. The molecular weight excluding hydrogens is 244 g/mol. The largest absolute Gasteiger partial charge is 0.466 e. The number of hydrogen-bond acceptors (Lipinski definition) is 3. The minimum Gasteiger partial charge on any atom is -0.466 e. The smallest absolute Gasteiger partial charge is 0.315 e. The maximum absolute atomic E-state index is 11.5. The van der Waals surface area contributed by atoms with E-state index in [0.717, 1.165) is 6.42 Å². The number of carbonyl (C=O) groups is 2. The van der Waals surface area contributed by atoms with E-state index in [2.05, 4.69) is 10.6 Å². The maximum Gasteiger partial charge on any atom is 0.315 e. The van der Waals surface area contributed by atoms with Crippen LogP contribution in [0.25, 0.3) is 0 Å². The Hall–Kier alpha value is -1.26. The zero-order chi connectivity index (χ0) is 13.7. The van der Waals surface area contributed by atoms with Crippen LogP contribution in [-0.2, 0) is 9.53 Å². The van der Waals surface area contributed by atoms with E-state index in [1.54, 1.807) is 6.92 Å².